The van der Waals surface area contributed by atoms with Gasteiger partial charge >= 0.3 is 5.97 Å². The topological polar surface area (TPSA) is 116 Å². The van der Waals surface area contributed by atoms with Gasteiger partial charge in [0.05, 0.1) is 10.5 Å². The van der Waals surface area contributed by atoms with Crippen molar-refractivity contribution in [1.29, 1.82) is 0 Å². The molecule has 2 rings (SSSR count). The zero-order valence-corrected chi connectivity index (χ0v) is 14.1. The third-order valence-electron chi connectivity index (χ3n) is 3.53. The van der Waals surface area contributed by atoms with Crippen molar-refractivity contribution in [3.05, 3.63) is 69.8 Å². The molecule has 0 saturated carbocycles. The normalized spacial score (nSPS) is 11.3. The summed E-state index contributed by atoms with van der Waals surface area (Å²) in [6, 6.07) is 11.2. The van der Waals surface area contributed by atoms with Crippen LogP contribution in [0.4, 0.5) is 11.4 Å². The van der Waals surface area contributed by atoms with Crippen molar-refractivity contribution in [2.75, 3.05) is 5.32 Å². The number of nitro groups is 1. The Morgan fingerprint density at radius 1 is 1.00 bits per heavy atom. The van der Waals surface area contributed by atoms with Crippen LogP contribution < -0.4 is 5.32 Å². The number of ketones is 1. The van der Waals surface area contributed by atoms with E-state index in [1.807, 2.05) is 0 Å². The second-order valence-corrected chi connectivity index (χ2v) is 5.47. The maximum absolute atomic E-state index is 12.1. The SMILES string of the molecule is CC(=O)c1ccc(NC(=O)[C@@H](C)OC(=O)c2ccc([N+](=O)[O-])cc2)cc1. The summed E-state index contributed by atoms with van der Waals surface area (Å²) < 4.78 is 5.06. The number of Topliss-reactive ketones (excluding diaryl/α,β-unsaturated/α-hetero) is 1. The number of amides is 1. The van der Waals surface area contributed by atoms with Gasteiger partial charge in [-0.15, -0.1) is 0 Å². The molecule has 0 spiro atoms. The monoisotopic (exact) mass is 356 g/mol. The maximum atomic E-state index is 12.1. The van der Waals surface area contributed by atoms with Gasteiger partial charge in [0.15, 0.2) is 11.9 Å². The Kier molecular flexibility index (Phi) is 5.79. The summed E-state index contributed by atoms with van der Waals surface area (Å²) in [6.45, 7) is 2.84. The van der Waals surface area contributed by atoms with E-state index in [0.29, 0.717) is 11.3 Å². The molecule has 0 bridgehead atoms. The fourth-order valence-electron chi connectivity index (χ4n) is 2.03. The van der Waals surface area contributed by atoms with E-state index in [0.717, 1.165) is 0 Å². The van der Waals surface area contributed by atoms with Crippen LogP contribution in [0.2, 0.25) is 0 Å². The van der Waals surface area contributed by atoms with Gasteiger partial charge in [0.2, 0.25) is 0 Å². The molecule has 0 aliphatic carbocycles. The number of benzene rings is 2. The quantitative estimate of drug-likeness (QED) is 0.368. The van der Waals surface area contributed by atoms with Crippen LogP contribution in [-0.2, 0) is 9.53 Å². The Morgan fingerprint density at radius 2 is 1.54 bits per heavy atom. The molecule has 8 heteroatoms. The van der Waals surface area contributed by atoms with Crippen LogP contribution >= 0.6 is 0 Å². The molecular weight excluding hydrogens is 340 g/mol. The van der Waals surface area contributed by atoms with E-state index < -0.39 is 22.9 Å². The molecule has 0 unspecified atom stereocenters. The van der Waals surface area contributed by atoms with E-state index >= 15 is 0 Å². The number of nitro benzene ring substituents is 1. The summed E-state index contributed by atoms with van der Waals surface area (Å²) in [5, 5.41) is 13.2. The molecule has 0 aliphatic rings. The van der Waals surface area contributed by atoms with Crippen LogP contribution in [0.15, 0.2) is 48.5 Å². The number of nitrogens with zero attached hydrogens (tertiary/aromatic N) is 1. The third kappa shape index (κ3) is 4.73. The highest BCUT2D eigenvalue weighted by molar-refractivity contribution is 5.98. The van der Waals surface area contributed by atoms with Crippen LogP contribution in [0, 0.1) is 10.1 Å². The van der Waals surface area contributed by atoms with E-state index in [2.05, 4.69) is 5.32 Å². The first-order valence-electron chi connectivity index (χ1n) is 7.65. The summed E-state index contributed by atoms with van der Waals surface area (Å²) >= 11 is 0. The number of hydrogen-bond acceptors (Lipinski definition) is 6. The number of hydrogen-bond donors (Lipinski definition) is 1. The number of nitrogens with one attached hydrogen (secondary N) is 1. The fraction of sp³-hybridized carbons (Fsp3) is 0.167. The van der Waals surface area contributed by atoms with Gasteiger partial charge in [-0.05, 0) is 50.2 Å². The summed E-state index contributed by atoms with van der Waals surface area (Å²) in [5.41, 5.74) is 0.918. The van der Waals surface area contributed by atoms with Crippen molar-refractivity contribution in [3.8, 4) is 0 Å². The number of ether oxygens (including phenoxy) is 1. The van der Waals surface area contributed by atoms with Crippen molar-refractivity contribution in [2.45, 2.75) is 20.0 Å². The lowest BCUT2D eigenvalue weighted by Gasteiger charge is -2.13. The molecule has 0 aliphatic heterocycles. The molecule has 134 valence electrons. The minimum Gasteiger partial charge on any atom is -0.449 e. The lowest BCUT2D eigenvalue weighted by atomic mass is 10.1. The van der Waals surface area contributed by atoms with E-state index in [-0.39, 0.29) is 17.0 Å². The first-order chi connectivity index (χ1) is 12.3. The number of carbonyl (C=O) groups excluding carboxylic acids is 3. The van der Waals surface area contributed by atoms with Gasteiger partial charge < -0.3 is 10.1 Å². The predicted octanol–water partition coefficient (Wildman–Crippen LogP) is 2.98. The second-order valence-electron chi connectivity index (χ2n) is 5.47. The van der Waals surface area contributed by atoms with Crippen molar-refractivity contribution in [2.24, 2.45) is 0 Å². The molecule has 0 radical (unpaired) electrons. The largest absolute Gasteiger partial charge is 0.449 e. The van der Waals surface area contributed by atoms with Crippen LogP contribution in [0.1, 0.15) is 34.6 Å². The van der Waals surface area contributed by atoms with E-state index in [4.69, 9.17) is 4.74 Å². The van der Waals surface area contributed by atoms with Gasteiger partial charge in [0.25, 0.3) is 11.6 Å². The smallest absolute Gasteiger partial charge is 0.338 e. The number of anilines is 1. The first-order valence-corrected chi connectivity index (χ1v) is 7.65. The number of esters is 1. The molecule has 0 aromatic heterocycles. The zero-order chi connectivity index (χ0) is 19.3. The van der Waals surface area contributed by atoms with E-state index in [9.17, 15) is 24.5 Å². The highest BCUT2D eigenvalue weighted by Gasteiger charge is 2.19. The molecule has 1 atom stereocenters. The van der Waals surface area contributed by atoms with Crippen LogP contribution in [0.3, 0.4) is 0 Å². The Hall–Kier alpha value is -3.55. The molecular formula is C18H16N2O6. The average Bonchev–Trinajstić information content (AvgIpc) is 2.62. The Morgan fingerprint density at radius 3 is 2.04 bits per heavy atom. The van der Waals surface area contributed by atoms with Gasteiger partial charge in [0, 0.05) is 23.4 Å². The molecule has 0 saturated heterocycles. The predicted molar refractivity (Wildman–Crippen MR) is 93.1 cm³/mol. The van der Waals surface area contributed by atoms with Crippen LogP contribution in [0.25, 0.3) is 0 Å². The molecule has 0 heterocycles. The standard InChI is InChI=1S/C18H16N2O6/c1-11(21)13-3-7-15(8-4-13)19-17(22)12(2)26-18(23)14-5-9-16(10-6-14)20(24)25/h3-10,12H,1-2H3,(H,19,22)/t12-/m1/s1. The second kappa shape index (κ2) is 8.02. The molecule has 26 heavy (non-hydrogen) atoms. The number of rotatable bonds is 6. The maximum Gasteiger partial charge on any atom is 0.338 e. The number of non-ortho nitro benzene ring substituents is 1. The molecule has 1 amide bonds. The molecule has 0 fully saturated rings. The fourth-order valence-corrected chi connectivity index (χ4v) is 2.03. The van der Waals surface area contributed by atoms with Crippen molar-refractivity contribution in [3.63, 3.8) is 0 Å². The van der Waals surface area contributed by atoms with Crippen molar-refractivity contribution >= 4 is 29.0 Å². The van der Waals surface area contributed by atoms with Gasteiger partial charge in [0.1, 0.15) is 0 Å². The summed E-state index contributed by atoms with van der Waals surface area (Å²) in [7, 11) is 0. The lowest BCUT2D eigenvalue weighted by molar-refractivity contribution is -0.384. The average molecular weight is 356 g/mol. The highest BCUT2D eigenvalue weighted by atomic mass is 16.6. The zero-order valence-electron chi connectivity index (χ0n) is 14.1. The lowest BCUT2D eigenvalue weighted by Crippen LogP contribution is -2.30. The molecule has 1 N–H and O–H groups in total. The van der Waals surface area contributed by atoms with Crippen LogP contribution in [-0.4, -0.2) is 28.7 Å². The van der Waals surface area contributed by atoms with Crippen LogP contribution in [0.5, 0.6) is 0 Å². The summed E-state index contributed by atoms with van der Waals surface area (Å²) in [5.74, 6) is -1.40. The third-order valence-corrected chi connectivity index (χ3v) is 3.53. The minimum absolute atomic E-state index is 0.0896. The highest BCUT2D eigenvalue weighted by Crippen LogP contribution is 2.14. The van der Waals surface area contributed by atoms with Gasteiger partial charge in [-0.1, -0.05) is 0 Å². The number of carbonyl (C=O) groups is 3. The van der Waals surface area contributed by atoms with E-state index in [1.165, 1.54) is 38.1 Å². The van der Waals surface area contributed by atoms with Crippen molar-refractivity contribution in [1.82, 2.24) is 0 Å². The Balaban J connectivity index is 1.96. The Labute approximate surface area is 148 Å². The Bertz CT molecular complexity index is 843. The molecule has 2 aromatic carbocycles. The van der Waals surface area contributed by atoms with Gasteiger partial charge in [-0.25, -0.2) is 4.79 Å². The molecule has 2 aromatic rings. The van der Waals surface area contributed by atoms with Gasteiger partial charge in [-0.3, -0.25) is 19.7 Å². The summed E-state index contributed by atoms with van der Waals surface area (Å²) in [4.78, 5) is 45.3. The molecule has 8 nitrogen and oxygen atoms in total. The van der Waals surface area contributed by atoms with Crippen molar-refractivity contribution < 1.29 is 24.0 Å². The first kappa shape index (κ1) is 18.8. The van der Waals surface area contributed by atoms with Gasteiger partial charge in [-0.2, -0.15) is 0 Å². The van der Waals surface area contributed by atoms with E-state index in [1.54, 1.807) is 24.3 Å². The summed E-state index contributed by atoms with van der Waals surface area (Å²) in [6.07, 6.45) is -1.08. The minimum atomic E-state index is -1.08.